The molecule has 0 radical (unpaired) electrons. The molecule has 0 aliphatic heterocycles. The van der Waals surface area contributed by atoms with Crippen LogP contribution >= 0.6 is 0 Å². The van der Waals surface area contributed by atoms with Crippen molar-refractivity contribution in [3.8, 4) is 22.3 Å². The van der Waals surface area contributed by atoms with Gasteiger partial charge in [-0.1, -0.05) is 60.7 Å². The summed E-state index contributed by atoms with van der Waals surface area (Å²) in [6.07, 6.45) is 0. The molecule has 0 atom stereocenters. The molecule has 2 heteroatoms. The standard InChI is InChI=1S/C32H22O2/c1-19-15-25(21-9-5-3-6-10-21)29-27(17-19)23-13-14-24-28-18-20(2)16-26(22-11-7-4-8-12-22)30(28)34-32(24)31(23)33-29/h3-18H,1-2H3. The van der Waals surface area contributed by atoms with Gasteiger partial charge in [0.2, 0.25) is 0 Å². The molecule has 5 aromatic carbocycles. The van der Waals surface area contributed by atoms with E-state index in [0.717, 1.165) is 66.1 Å². The van der Waals surface area contributed by atoms with E-state index in [9.17, 15) is 0 Å². The third-order valence-corrected chi connectivity index (χ3v) is 6.74. The van der Waals surface area contributed by atoms with Gasteiger partial charge in [-0.3, -0.25) is 0 Å². The Hall–Kier alpha value is -4.30. The van der Waals surface area contributed by atoms with E-state index in [1.807, 2.05) is 12.1 Å². The molecule has 162 valence electrons. The van der Waals surface area contributed by atoms with Crippen molar-refractivity contribution in [1.29, 1.82) is 0 Å². The SMILES string of the molecule is Cc1cc(-c2ccccc2)c2oc3c(ccc4c5cc(C)cc(-c6ccccc6)c5oc43)c2c1. The molecule has 0 aliphatic rings. The molecule has 2 nitrogen and oxygen atoms in total. The van der Waals surface area contributed by atoms with E-state index in [1.165, 1.54) is 11.1 Å². The number of aryl methyl sites for hydroxylation is 2. The van der Waals surface area contributed by atoms with Crippen LogP contribution in [0.4, 0.5) is 0 Å². The second-order valence-electron chi connectivity index (χ2n) is 9.13. The Morgan fingerprint density at radius 1 is 0.412 bits per heavy atom. The maximum atomic E-state index is 6.62. The lowest BCUT2D eigenvalue weighted by molar-refractivity contribution is 0.634. The van der Waals surface area contributed by atoms with Crippen LogP contribution in [0.2, 0.25) is 0 Å². The zero-order valence-corrected chi connectivity index (χ0v) is 19.1. The lowest BCUT2D eigenvalue weighted by Crippen LogP contribution is -1.81. The summed E-state index contributed by atoms with van der Waals surface area (Å²) in [5.74, 6) is 0. The van der Waals surface area contributed by atoms with E-state index in [4.69, 9.17) is 8.83 Å². The van der Waals surface area contributed by atoms with Gasteiger partial charge in [0.25, 0.3) is 0 Å². The number of hydrogen-bond donors (Lipinski definition) is 0. The van der Waals surface area contributed by atoms with Gasteiger partial charge < -0.3 is 8.83 Å². The Morgan fingerprint density at radius 3 is 1.24 bits per heavy atom. The molecule has 0 aliphatic carbocycles. The summed E-state index contributed by atoms with van der Waals surface area (Å²) in [7, 11) is 0. The summed E-state index contributed by atoms with van der Waals surface area (Å²) in [4.78, 5) is 0. The zero-order valence-electron chi connectivity index (χ0n) is 19.1. The summed E-state index contributed by atoms with van der Waals surface area (Å²) in [6, 6.07) is 34.1. The normalized spacial score (nSPS) is 11.8. The highest BCUT2D eigenvalue weighted by atomic mass is 16.4. The summed E-state index contributed by atoms with van der Waals surface area (Å²) in [5.41, 5.74) is 10.4. The monoisotopic (exact) mass is 438 g/mol. The first-order valence-corrected chi connectivity index (χ1v) is 11.6. The first kappa shape index (κ1) is 19.2. The highest BCUT2D eigenvalue weighted by Crippen LogP contribution is 2.43. The number of benzene rings is 5. The van der Waals surface area contributed by atoms with Gasteiger partial charge >= 0.3 is 0 Å². The van der Waals surface area contributed by atoms with E-state index in [-0.39, 0.29) is 0 Å². The van der Waals surface area contributed by atoms with Crippen molar-refractivity contribution in [3.63, 3.8) is 0 Å². The molecule has 0 saturated carbocycles. The second-order valence-corrected chi connectivity index (χ2v) is 9.13. The molecule has 0 saturated heterocycles. The van der Waals surface area contributed by atoms with Gasteiger partial charge in [-0.2, -0.15) is 0 Å². The van der Waals surface area contributed by atoms with Crippen LogP contribution in [0, 0.1) is 13.8 Å². The molecule has 0 spiro atoms. The molecule has 7 aromatic rings. The summed E-state index contributed by atoms with van der Waals surface area (Å²) in [6.45, 7) is 4.28. The van der Waals surface area contributed by atoms with E-state index in [2.05, 4.69) is 98.8 Å². The van der Waals surface area contributed by atoms with E-state index in [1.54, 1.807) is 0 Å². The van der Waals surface area contributed by atoms with Crippen molar-refractivity contribution < 1.29 is 8.83 Å². The molecule has 0 fully saturated rings. The average Bonchev–Trinajstić information content (AvgIpc) is 3.42. The Labute approximate surface area is 197 Å². The van der Waals surface area contributed by atoms with Gasteiger partial charge in [-0.25, -0.2) is 0 Å². The van der Waals surface area contributed by atoms with Crippen LogP contribution in [0.1, 0.15) is 11.1 Å². The molecule has 7 rings (SSSR count). The van der Waals surface area contributed by atoms with Crippen LogP contribution < -0.4 is 0 Å². The number of rotatable bonds is 2. The van der Waals surface area contributed by atoms with Gasteiger partial charge in [0.15, 0.2) is 11.2 Å². The molecule has 0 amide bonds. The minimum atomic E-state index is 0.808. The van der Waals surface area contributed by atoms with Gasteiger partial charge in [0.1, 0.15) is 11.2 Å². The molecule has 34 heavy (non-hydrogen) atoms. The zero-order chi connectivity index (χ0) is 22.8. The Balaban J connectivity index is 1.60. The third-order valence-electron chi connectivity index (χ3n) is 6.74. The molecule has 0 unspecified atom stereocenters. The van der Waals surface area contributed by atoms with Crippen molar-refractivity contribution in [2.45, 2.75) is 13.8 Å². The van der Waals surface area contributed by atoms with Crippen LogP contribution in [0.25, 0.3) is 66.1 Å². The Morgan fingerprint density at radius 2 is 0.824 bits per heavy atom. The van der Waals surface area contributed by atoms with Gasteiger partial charge in [0.05, 0.1) is 0 Å². The second kappa shape index (κ2) is 7.10. The van der Waals surface area contributed by atoms with E-state index >= 15 is 0 Å². The van der Waals surface area contributed by atoms with Crippen LogP contribution in [0.5, 0.6) is 0 Å². The fraction of sp³-hybridized carbons (Fsp3) is 0.0625. The van der Waals surface area contributed by atoms with Crippen molar-refractivity contribution in [1.82, 2.24) is 0 Å². The van der Waals surface area contributed by atoms with Crippen LogP contribution in [0.15, 0.2) is 106 Å². The van der Waals surface area contributed by atoms with Crippen molar-refractivity contribution in [3.05, 3.63) is 108 Å². The summed E-state index contributed by atoms with van der Waals surface area (Å²) < 4.78 is 13.2. The van der Waals surface area contributed by atoms with E-state index in [0.29, 0.717) is 0 Å². The first-order chi connectivity index (χ1) is 16.7. The highest BCUT2D eigenvalue weighted by molar-refractivity contribution is 6.21. The topological polar surface area (TPSA) is 26.3 Å². The third kappa shape index (κ3) is 2.75. The lowest BCUT2D eigenvalue weighted by atomic mass is 9.98. The predicted molar refractivity (Wildman–Crippen MR) is 141 cm³/mol. The van der Waals surface area contributed by atoms with Crippen LogP contribution in [-0.2, 0) is 0 Å². The summed E-state index contributed by atoms with van der Waals surface area (Å²) in [5, 5.41) is 4.41. The van der Waals surface area contributed by atoms with E-state index < -0.39 is 0 Å². The molecular weight excluding hydrogens is 416 g/mol. The van der Waals surface area contributed by atoms with Crippen LogP contribution in [-0.4, -0.2) is 0 Å². The fourth-order valence-electron chi connectivity index (χ4n) is 5.22. The Kier molecular flexibility index (Phi) is 4.01. The fourth-order valence-corrected chi connectivity index (χ4v) is 5.22. The smallest absolute Gasteiger partial charge is 0.178 e. The highest BCUT2D eigenvalue weighted by Gasteiger charge is 2.20. The molecule has 2 heterocycles. The minimum Gasteiger partial charge on any atom is -0.451 e. The van der Waals surface area contributed by atoms with Gasteiger partial charge in [0, 0.05) is 32.7 Å². The Bertz CT molecular complexity index is 1710. The number of hydrogen-bond acceptors (Lipinski definition) is 2. The maximum absolute atomic E-state index is 6.62. The van der Waals surface area contributed by atoms with Gasteiger partial charge in [-0.05, 0) is 72.5 Å². The lowest BCUT2D eigenvalue weighted by Gasteiger charge is -2.04. The minimum absolute atomic E-state index is 0.808. The predicted octanol–water partition coefficient (Wildman–Crippen LogP) is 9.44. The molecular formula is C32H22O2. The summed E-state index contributed by atoms with van der Waals surface area (Å²) >= 11 is 0. The van der Waals surface area contributed by atoms with Crippen molar-refractivity contribution >= 4 is 43.9 Å². The van der Waals surface area contributed by atoms with Crippen molar-refractivity contribution in [2.24, 2.45) is 0 Å². The largest absolute Gasteiger partial charge is 0.451 e. The van der Waals surface area contributed by atoms with Gasteiger partial charge in [-0.15, -0.1) is 0 Å². The average molecular weight is 439 g/mol. The number of fused-ring (bicyclic) bond motifs is 7. The van der Waals surface area contributed by atoms with Crippen LogP contribution in [0.3, 0.4) is 0 Å². The maximum Gasteiger partial charge on any atom is 0.178 e. The first-order valence-electron chi connectivity index (χ1n) is 11.6. The van der Waals surface area contributed by atoms with Crippen molar-refractivity contribution in [2.75, 3.05) is 0 Å². The quantitative estimate of drug-likeness (QED) is 0.269. The molecule has 0 N–H and O–H groups in total. The molecule has 0 bridgehead atoms. The molecule has 2 aromatic heterocycles. The number of furan rings is 2.